The lowest BCUT2D eigenvalue weighted by Gasteiger charge is -1.79. The van der Waals surface area contributed by atoms with E-state index in [1.807, 2.05) is 12.1 Å². The monoisotopic (exact) mass is 226 g/mol. The minimum Gasteiger partial charge on any atom is -0.412 e. The Labute approximate surface area is 98.9 Å². The molecule has 0 aliphatic heterocycles. The third kappa shape index (κ3) is 5.63. The second-order valence-corrected chi connectivity index (χ2v) is 2.71. The number of aromatic nitrogens is 2. The molecule has 2 heterocycles. The molecule has 0 spiro atoms. The van der Waals surface area contributed by atoms with Crippen molar-refractivity contribution in [2.75, 3.05) is 0 Å². The maximum atomic E-state index is 8.25. The minimum atomic E-state index is 0. The lowest BCUT2D eigenvalue weighted by atomic mass is 10.3. The number of hydrogen-bond donors (Lipinski definition) is 0. The summed E-state index contributed by atoms with van der Waals surface area (Å²) in [6, 6.07) is 10.8. The number of nitriles is 2. The Morgan fingerprint density at radius 2 is 1.24 bits per heavy atom. The normalized spacial score (nSPS) is 7.41. The van der Waals surface area contributed by atoms with Crippen molar-refractivity contribution in [3.8, 4) is 12.1 Å². The van der Waals surface area contributed by atoms with E-state index in [-0.39, 0.29) is 5.48 Å². The Morgan fingerprint density at radius 3 is 1.41 bits per heavy atom. The summed E-state index contributed by atoms with van der Waals surface area (Å²) in [6.45, 7) is 0. The van der Waals surface area contributed by atoms with Gasteiger partial charge < -0.3 is 5.48 Å². The zero-order valence-corrected chi connectivity index (χ0v) is 8.91. The fraction of sp³-hybridized carbons (Fsp3) is 0. The van der Waals surface area contributed by atoms with Gasteiger partial charge in [0.15, 0.2) is 0 Å². The Kier molecular flexibility index (Phi) is 7.15. The van der Waals surface area contributed by atoms with E-state index in [1.54, 1.807) is 36.7 Å². The quantitative estimate of drug-likeness (QED) is 0.670. The van der Waals surface area contributed by atoms with E-state index < -0.39 is 0 Å². The van der Waals surface area contributed by atoms with Crippen molar-refractivity contribution in [3.05, 3.63) is 60.2 Å². The standard InChI is InChI=1S/2C6H4N2.H2O/c2*7-4-6-2-1-3-8-5-6;/h2*1-3,5H;1H2. The first-order valence-electron chi connectivity index (χ1n) is 4.47. The third-order valence-corrected chi connectivity index (χ3v) is 1.58. The second kappa shape index (κ2) is 8.54. The third-order valence-electron chi connectivity index (χ3n) is 1.58. The molecular weight excluding hydrogens is 216 g/mol. The van der Waals surface area contributed by atoms with Crippen LogP contribution in [-0.4, -0.2) is 15.4 Å². The molecule has 0 aromatic carbocycles. The highest BCUT2D eigenvalue weighted by molar-refractivity contribution is 5.24. The molecule has 0 bridgehead atoms. The Morgan fingerprint density at radius 1 is 0.824 bits per heavy atom. The molecule has 0 atom stereocenters. The van der Waals surface area contributed by atoms with Gasteiger partial charge in [-0.25, -0.2) is 0 Å². The molecule has 0 amide bonds. The molecule has 0 aliphatic carbocycles. The van der Waals surface area contributed by atoms with Gasteiger partial charge >= 0.3 is 0 Å². The number of pyridine rings is 2. The van der Waals surface area contributed by atoms with Crippen LogP contribution in [0.4, 0.5) is 0 Å². The summed E-state index contributed by atoms with van der Waals surface area (Å²) < 4.78 is 0. The number of hydrogen-bond acceptors (Lipinski definition) is 4. The first kappa shape index (κ1) is 14.2. The van der Waals surface area contributed by atoms with Gasteiger partial charge in [0.1, 0.15) is 12.1 Å². The lowest BCUT2D eigenvalue weighted by Crippen LogP contribution is -1.72. The minimum absolute atomic E-state index is 0. The smallest absolute Gasteiger partial charge is 0.101 e. The fourth-order valence-corrected chi connectivity index (χ4v) is 0.858. The molecule has 2 rings (SSSR count). The van der Waals surface area contributed by atoms with Gasteiger partial charge in [-0.05, 0) is 24.3 Å². The van der Waals surface area contributed by atoms with Gasteiger partial charge in [-0.15, -0.1) is 0 Å². The van der Waals surface area contributed by atoms with Crippen molar-refractivity contribution in [1.82, 2.24) is 9.97 Å². The maximum Gasteiger partial charge on any atom is 0.101 e. The topological polar surface area (TPSA) is 105 Å². The summed E-state index contributed by atoms with van der Waals surface area (Å²) in [5.74, 6) is 0. The summed E-state index contributed by atoms with van der Waals surface area (Å²) in [5.41, 5.74) is 1.21. The lowest BCUT2D eigenvalue weighted by molar-refractivity contribution is 0.824. The van der Waals surface area contributed by atoms with Gasteiger partial charge in [0, 0.05) is 24.8 Å². The van der Waals surface area contributed by atoms with Gasteiger partial charge in [0.05, 0.1) is 11.1 Å². The molecule has 2 aromatic rings. The van der Waals surface area contributed by atoms with Gasteiger partial charge in [0.25, 0.3) is 0 Å². The first-order chi connectivity index (χ1) is 7.86. The van der Waals surface area contributed by atoms with Crippen molar-refractivity contribution >= 4 is 0 Å². The molecule has 17 heavy (non-hydrogen) atoms. The molecule has 5 heteroatoms. The summed E-state index contributed by atoms with van der Waals surface area (Å²) >= 11 is 0. The van der Waals surface area contributed by atoms with E-state index in [2.05, 4.69) is 9.97 Å². The maximum absolute atomic E-state index is 8.25. The van der Waals surface area contributed by atoms with Crippen LogP contribution in [-0.2, 0) is 0 Å². The van der Waals surface area contributed by atoms with Crippen LogP contribution >= 0.6 is 0 Å². The zero-order chi connectivity index (χ0) is 11.6. The molecule has 0 fully saturated rings. The zero-order valence-electron chi connectivity index (χ0n) is 8.91. The van der Waals surface area contributed by atoms with E-state index in [9.17, 15) is 0 Å². The van der Waals surface area contributed by atoms with Gasteiger partial charge in [0.2, 0.25) is 0 Å². The molecule has 84 valence electrons. The summed E-state index contributed by atoms with van der Waals surface area (Å²) in [6.07, 6.45) is 6.34. The van der Waals surface area contributed by atoms with Crippen LogP contribution in [0, 0.1) is 22.7 Å². The molecule has 5 nitrogen and oxygen atoms in total. The van der Waals surface area contributed by atoms with Crippen LogP contribution in [0.1, 0.15) is 11.1 Å². The molecule has 0 unspecified atom stereocenters. The van der Waals surface area contributed by atoms with Gasteiger partial charge in [-0.1, -0.05) is 0 Å². The van der Waals surface area contributed by atoms with Gasteiger partial charge in [-0.3, -0.25) is 9.97 Å². The highest BCUT2D eigenvalue weighted by Crippen LogP contribution is 1.89. The van der Waals surface area contributed by atoms with E-state index in [0.29, 0.717) is 11.1 Å². The van der Waals surface area contributed by atoms with Crippen LogP contribution in [0.3, 0.4) is 0 Å². The second-order valence-electron chi connectivity index (χ2n) is 2.71. The predicted octanol–water partition coefficient (Wildman–Crippen LogP) is 1.08. The molecule has 0 aliphatic rings. The Balaban J connectivity index is 0.000000284. The molecule has 0 radical (unpaired) electrons. The van der Waals surface area contributed by atoms with Crippen molar-refractivity contribution in [3.63, 3.8) is 0 Å². The predicted molar refractivity (Wildman–Crippen MR) is 61.5 cm³/mol. The molecule has 0 saturated carbocycles. The summed E-state index contributed by atoms with van der Waals surface area (Å²) in [7, 11) is 0. The van der Waals surface area contributed by atoms with Crippen LogP contribution < -0.4 is 0 Å². The Hall–Kier alpha value is -2.76. The van der Waals surface area contributed by atoms with E-state index in [1.165, 1.54) is 12.4 Å². The average Bonchev–Trinajstić information content (AvgIpc) is 2.41. The first-order valence-corrected chi connectivity index (χ1v) is 4.47. The highest BCUT2D eigenvalue weighted by Gasteiger charge is 1.81. The van der Waals surface area contributed by atoms with Crippen LogP contribution in [0.5, 0.6) is 0 Å². The van der Waals surface area contributed by atoms with Crippen LogP contribution in [0.25, 0.3) is 0 Å². The van der Waals surface area contributed by atoms with Crippen molar-refractivity contribution in [1.29, 1.82) is 10.5 Å². The SMILES string of the molecule is N#Cc1cccnc1.N#Cc1cccnc1.O. The van der Waals surface area contributed by atoms with Crippen molar-refractivity contribution in [2.24, 2.45) is 0 Å². The van der Waals surface area contributed by atoms with Gasteiger partial charge in [-0.2, -0.15) is 10.5 Å². The summed E-state index contributed by atoms with van der Waals surface area (Å²) in [4.78, 5) is 7.47. The molecular formula is C12H10N4O. The van der Waals surface area contributed by atoms with Crippen molar-refractivity contribution in [2.45, 2.75) is 0 Å². The molecule has 2 N–H and O–H groups in total. The van der Waals surface area contributed by atoms with E-state index in [0.717, 1.165) is 0 Å². The van der Waals surface area contributed by atoms with E-state index >= 15 is 0 Å². The van der Waals surface area contributed by atoms with E-state index in [4.69, 9.17) is 10.5 Å². The summed E-state index contributed by atoms with van der Waals surface area (Å²) in [5, 5.41) is 16.5. The van der Waals surface area contributed by atoms with Crippen LogP contribution in [0.15, 0.2) is 49.1 Å². The van der Waals surface area contributed by atoms with Crippen LogP contribution in [0.2, 0.25) is 0 Å². The highest BCUT2D eigenvalue weighted by atomic mass is 16.0. The number of nitrogens with zero attached hydrogens (tertiary/aromatic N) is 4. The average molecular weight is 226 g/mol. The van der Waals surface area contributed by atoms with Crippen molar-refractivity contribution < 1.29 is 5.48 Å². The fourth-order valence-electron chi connectivity index (χ4n) is 0.858. The largest absolute Gasteiger partial charge is 0.412 e. The number of rotatable bonds is 0. The molecule has 2 aromatic heterocycles. The Bertz CT molecular complexity index is 450. The molecule has 0 saturated heterocycles.